The van der Waals surface area contributed by atoms with Crippen LogP contribution in [0.3, 0.4) is 0 Å². The molecule has 4 heteroatoms. The SMILES string of the molecule is CCOCC(O)(OCC)OCC. The lowest BCUT2D eigenvalue weighted by atomic mass is 10.5. The normalized spacial score (nSPS) is 12.0. The first-order valence-corrected chi connectivity index (χ1v) is 4.26. The number of hydrogen-bond acceptors (Lipinski definition) is 4. The first-order chi connectivity index (χ1) is 5.68. The molecule has 0 heterocycles. The van der Waals surface area contributed by atoms with Crippen LogP contribution in [0, 0.1) is 0 Å². The summed E-state index contributed by atoms with van der Waals surface area (Å²) in [6.45, 7) is 6.78. The molecular formula is C8H18O4. The largest absolute Gasteiger partial charge is 0.373 e. The summed E-state index contributed by atoms with van der Waals surface area (Å²) in [4.78, 5) is 0. The predicted octanol–water partition coefficient (Wildman–Crippen LogP) is 0.742. The molecule has 0 saturated heterocycles. The van der Waals surface area contributed by atoms with Crippen molar-refractivity contribution in [1.29, 1.82) is 0 Å². The van der Waals surface area contributed by atoms with Gasteiger partial charge in [-0.05, 0) is 20.8 Å². The van der Waals surface area contributed by atoms with Gasteiger partial charge in [0.1, 0.15) is 6.61 Å². The van der Waals surface area contributed by atoms with E-state index in [9.17, 15) is 5.11 Å². The standard InChI is InChI=1S/C8H18O4/c1-4-10-7-8(9,11-5-2)12-6-3/h9H,4-7H2,1-3H3. The third-order valence-corrected chi connectivity index (χ3v) is 1.23. The van der Waals surface area contributed by atoms with E-state index in [1.54, 1.807) is 13.8 Å². The van der Waals surface area contributed by atoms with E-state index < -0.39 is 5.97 Å². The Morgan fingerprint density at radius 3 is 1.83 bits per heavy atom. The molecule has 0 aromatic carbocycles. The molecule has 4 nitrogen and oxygen atoms in total. The maximum absolute atomic E-state index is 9.57. The van der Waals surface area contributed by atoms with E-state index in [-0.39, 0.29) is 6.61 Å². The zero-order valence-electron chi connectivity index (χ0n) is 8.00. The Labute approximate surface area is 73.4 Å². The zero-order chi connectivity index (χ0) is 9.45. The van der Waals surface area contributed by atoms with Crippen LogP contribution in [0.15, 0.2) is 0 Å². The Morgan fingerprint density at radius 2 is 1.50 bits per heavy atom. The molecular weight excluding hydrogens is 160 g/mol. The molecule has 12 heavy (non-hydrogen) atoms. The van der Waals surface area contributed by atoms with E-state index in [1.165, 1.54) is 0 Å². The smallest absolute Gasteiger partial charge is 0.305 e. The van der Waals surface area contributed by atoms with Crippen molar-refractivity contribution >= 4 is 0 Å². The topological polar surface area (TPSA) is 47.9 Å². The highest BCUT2D eigenvalue weighted by Crippen LogP contribution is 2.09. The fraction of sp³-hybridized carbons (Fsp3) is 1.00. The van der Waals surface area contributed by atoms with Gasteiger partial charge in [0.05, 0.1) is 0 Å². The van der Waals surface area contributed by atoms with Gasteiger partial charge >= 0.3 is 5.97 Å². The molecule has 0 aromatic heterocycles. The third-order valence-electron chi connectivity index (χ3n) is 1.23. The van der Waals surface area contributed by atoms with Gasteiger partial charge in [-0.15, -0.1) is 0 Å². The summed E-state index contributed by atoms with van der Waals surface area (Å²) >= 11 is 0. The summed E-state index contributed by atoms with van der Waals surface area (Å²) in [6.07, 6.45) is 0. The molecule has 0 amide bonds. The van der Waals surface area contributed by atoms with Crippen LogP contribution in [-0.2, 0) is 14.2 Å². The maximum Gasteiger partial charge on any atom is 0.305 e. The van der Waals surface area contributed by atoms with E-state index in [2.05, 4.69) is 0 Å². The van der Waals surface area contributed by atoms with Gasteiger partial charge in [-0.25, -0.2) is 0 Å². The van der Waals surface area contributed by atoms with Crippen LogP contribution in [0.25, 0.3) is 0 Å². The van der Waals surface area contributed by atoms with Crippen molar-refractivity contribution < 1.29 is 19.3 Å². The number of aliphatic hydroxyl groups is 1. The van der Waals surface area contributed by atoms with Gasteiger partial charge in [0.15, 0.2) is 0 Å². The molecule has 0 spiro atoms. The zero-order valence-corrected chi connectivity index (χ0v) is 8.00. The Bertz CT molecular complexity index is 99.2. The lowest BCUT2D eigenvalue weighted by molar-refractivity contribution is -0.373. The molecule has 1 N–H and O–H groups in total. The molecule has 0 radical (unpaired) electrons. The molecule has 0 bridgehead atoms. The van der Waals surface area contributed by atoms with E-state index in [0.29, 0.717) is 19.8 Å². The molecule has 0 aliphatic carbocycles. The predicted molar refractivity (Wildman–Crippen MR) is 44.7 cm³/mol. The minimum Gasteiger partial charge on any atom is -0.373 e. The van der Waals surface area contributed by atoms with Gasteiger partial charge < -0.3 is 19.3 Å². The Balaban J connectivity index is 3.80. The molecule has 0 rings (SSSR count). The van der Waals surface area contributed by atoms with E-state index >= 15 is 0 Å². The second kappa shape index (κ2) is 6.37. The quantitative estimate of drug-likeness (QED) is 0.584. The Kier molecular flexibility index (Phi) is 6.28. The summed E-state index contributed by atoms with van der Waals surface area (Å²) in [6, 6.07) is 0. The van der Waals surface area contributed by atoms with Crippen molar-refractivity contribution in [2.75, 3.05) is 26.4 Å². The van der Waals surface area contributed by atoms with Crippen molar-refractivity contribution in [3.63, 3.8) is 0 Å². The van der Waals surface area contributed by atoms with Crippen LogP contribution >= 0.6 is 0 Å². The molecule has 0 unspecified atom stereocenters. The molecule has 0 aliphatic rings. The minimum atomic E-state index is -1.57. The third kappa shape index (κ3) is 4.66. The number of ether oxygens (including phenoxy) is 3. The Morgan fingerprint density at radius 1 is 1.00 bits per heavy atom. The van der Waals surface area contributed by atoms with Gasteiger partial charge in [0.2, 0.25) is 0 Å². The van der Waals surface area contributed by atoms with Crippen LogP contribution in [0.2, 0.25) is 0 Å². The van der Waals surface area contributed by atoms with Gasteiger partial charge in [-0.2, -0.15) is 0 Å². The van der Waals surface area contributed by atoms with Gasteiger partial charge in [-0.1, -0.05) is 0 Å². The lowest BCUT2D eigenvalue weighted by Gasteiger charge is -2.26. The molecule has 74 valence electrons. The highest BCUT2D eigenvalue weighted by atomic mass is 16.8. The van der Waals surface area contributed by atoms with Crippen molar-refractivity contribution in [2.24, 2.45) is 0 Å². The Hall–Kier alpha value is -0.160. The maximum atomic E-state index is 9.57. The molecule has 0 saturated carbocycles. The van der Waals surface area contributed by atoms with Crippen LogP contribution in [0.4, 0.5) is 0 Å². The van der Waals surface area contributed by atoms with Gasteiger partial charge in [0, 0.05) is 19.8 Å². The molecule has 0 aliphatic heterocycles. The average molecular weight is 178 g/mol. The van der Waals surface area contributed by atoms with E-state index in [0.717, 1.165) is 0 Å². The number of rotatable bonds is 7. The second-order valence-electron chi connectivity index (χ2n) is 2.22. The summed E-state index contributed by atoms with van der Waals surface area (Å²) < 4.78 is 15.0. The average Bonchev–Trinajstić information content (AvgIpc) is 2.02. The highest BCUT2D eigenvalue weighted by molar-refractivity contribution is 4.51. The first-order valence-electron chi connectivity index (χ1n) is 4.26. The van der Waals surface area contributed by atoms with Crippen LogP contribution in [0.1, 0.15) is 20.8 Å². The van der Waals surface area contributed by atoms with Crippen molar-refractivity contribution in [3.8, 4) is 0 Å². The fourth-order valence-corrected chi connectivity index (χ4v) is 0.807. The monoisotopic (exact) mass is 178 g/mol. The summed E-state index contributed by atoms with van der Waals surface area (Å²) in [5, 5.41) is 9.57. The van der Waals surface area contributed by atoms with Crippen molar-refractivity contribution in [1.82, 2.24) is 0 Å². The number of hydrogen-bond donors (Lipinski definition) is 1. The van der Waals surface area contributed by atoms with E-state index in [1.807, 2.05) is 6.92 Å². The molecule has 0 aromatic rings. The highest BCUT2D eigenvalue weighted by Gasteiger charge is 2.28. The molecule has 0 atom stereocenters. The van der Waals surface area contributed by atoms with Crippen molar-refractivity contribution in [3.05, 3.63) is 0 Å². The van der Waals surface area contributed by atoms with Crippen LogP contribution < -0.4 is 0 Å². The lowest BCUT2D eigenvalue weighted by Crippen LogP contribution is -2.40. The fourth-order valence-electron chi connectivity index (χ4n) is 0.807. The van der Waals surface area contributed by atoms with Crippen molar-refractivity contribution in [2.45, 2.75) is 26.7 Å². The van der Waals surface area contributed by atoms with Gasteiger partial charge in [0.25, 0.3) is 0 Å². The second-order valence-corrected chi connectivity index (χ2v) is 2.22. The van der Waals surface area contributed by atoms with Crippen LogP contribution in [0.5, 0.6) is 0 Å². The molecule has 0 fully saturated rings. The van der Waals surface area contributed by atoms with Gasteiger partial charge in [-0.3, -0.25) is 0 Å². The summed E-state index contributed by atoms with van der Waals surface area (Å²) in [5.41, 5.74) is 0. The van der Waals surface area contributed by atoms with Crippen LogP contribution in [-0.4, -0.2) is 37.5 Å². The summed E-state index contributed by atoms with van der Waals surface area (Å²) in [5.74, 6) is -1.57. The minimum absolute atomic E-state index is 0.0468. The first kappa shape index (κ1) is 11.8. The summed E-state index contributed by atoms with van der Waals surface area (Å²) in [7, 11) is 0. The van der Waals surface area contributed by atoms with E-state index in [4.69, 9.17) is 14.2 Å².